The molecule has 0 aromatic heterocycles. The predicted octanol–water partition coefficient (Wildman–Crippen LogP) is 2.01. The highest BCUT2D eigenvalue weighted by molar-refractivity contribution is 5.66. The molecule has 92 valence electrons. The molecule has 3 N–H and O–H groups in total. The summed E-state index contributed by atoms with van der Waals surface area (Å²) in [4.78, 5) is 9.60. The number of methoxy groups -OCH3 is 1. The summed E-state index contributed by atoms with van der Waals surface area (Å²) in [5.74, 6) is -0.711. The van der Waals surface area contributed by atoms with E-state index in [9.17, 15) is 4.79 Å². The van der Waals surface area contributed by atoms with E-state index >= 15 is 0 Å². The Morgan fingerprint density at radius 2 is 1.87 bits per heavy atom. The van der Waals surface area contributed by atoms with Gasteiger partial charge in [0.15, 0.2) is 0 Å². The zero-order chi connectivity index (χ0) is 10.8. The normalized spacial score (nSPS) is 15.9. The maximum absolute atomic E-state index is 9.60. The van der Waals surface area contributed by atoms with Crippen LogP contribution in [0.3, 0.4) is 0 Å². The van der Waals surface area contributed by atoms with Crippen LogP contribution in [0.2, 0.25) is 0 Å². The van der Waals surface area contributed by atoms with Crippen molar-refractivity contribution in [2.24, 2.45) is 0 Å². The largest absolute Gasteiger partial charge is 0.481 e. The van der Waals surface area contributed by atoms with Gasteiger partial charge in [-0.3, -0.25) is 4.79 Å². The standard InChI is InChI=1S/C7H14O.C4H8O2.H2O/c1-8-7-5-3-2-4-6-7;1-2-3-4(5)6;/h7H,2-6H2,1H3;2-3H2,1H3,(H,5,6);1H2. The molecule has 0 aromatic carbocycles. The van der Waals surface area contributed by atoms with Crippen LogP contribution in [0.5, 0.6) is 0 Å². The lowest BCUT2D eigenvalue weighted by atomic mass is 9.98. The monoisotopic (exact) mass is 220 g/mol. The first kappa shape index (κ1) is 16.8. The molecule has 0 heterocycles. The van der Waals surface area contributed by atoms with Crippen molar-refractivity contribution in [2.45, 2.75) is 58.0 Å². The van der Waals surface area contributed by atoms with E-state index < -0.39 is 5.97 Å². The van der Waals surface area contributed by atoms with Crippen LogP contribution in [0.4, 0.5) is 0 Å². The van der Waals surface area contributed by atoms with Crippen molar-refractivity contribution in [1.82, 2.24) is 0 Å². The van der Waals surface area contributed by atoms with Gasteiger partial charge in [-0.05, 0) is 19.3 Å². The van der Waals surface area contributed by atoms with Crippen molar-refractivity contribution in [3.63, 3.8) is 0 Å². The van der Waals surface area contributed by atoms with Crippen LogP contribution < -0.4 is 0 Å². The van der Waals surface area contributed by atoms with E-state index in [4.69, 9.17) is 9.84 Å². The van der Waals surface area contributed by atoms with Gasteiger partial charge in [0, 0.05) is 13.5 Å². The van der Waals surface area contributed by atoms with Gasteiger partial charge in [-0.1, -0.05) is 26.2 Å². The first-order valence-electron chi connectivity index (χ1n) is 5.45. The van der Waals surface area contributed by atoms with Gasteiger partial charge >= 0.3 is 5.97 Å². The van der Waals surface area contributed by atoms with Gasteiger partial charge in [-0.15, -0.1) is 0 Å². The van der Waals surface area contributed by atoms with E-state index in [1.165, 1.54) is 32.1 Å². The van der Waals surface area contributed by atoms with Crippen LogP contribution in [-0.2, 0) is 9.53 Å². The fourth-order valence-corrected chi connectivity index (χ4v) is 1.51. The van der Waals surface area contributed by atoms with E-state index in [1.807, 2.05) is 14.0 Å². The average molecular weight is 220 g/mol. The van der Waals surface area contributed by atoms with Gasteiger partial charge in [-0.25, -0.2) is 0 Å². The zero-order valence-electron chi connectivity index (χ0n) is 9.79. The molecule has 1 saturated carbocycles. The number of carboxylic acids is 1. The van der Waals surface area contributed by atoms with Gasteiger partial charge < -0.3 is 15.3 Å². The summed E-state index contributed by atoms with van der Waals surface area (Å²) >= 11 is 0. The summed E-state index contributed by atoms with van der Waals surface area (Å²) in [5.41, 5.74) is 0. The molecule has 1 rings (SSSR count). The summed E-state index contributed by atoms with van der Waals surface area (Å²) in [6.07, 6.45) is 8.35. The summed E-state index contributed by atoms with van der Waals surface area (Å²) in [7, 11) is 1.82. The highest BCUT2D eigenvalue weighted by Gasteiger charge is 2.10. The summed E-state index contributed by atoms with van der Waals surface area (Å²) in [6.45, 7) is 1.84. The van der Waals surface area contributed by atoms with Crippen molar-refractivity contribution < 1.29 is 20.1 Å². The lowest BCUT2D eigenvalue weighted by Gasteiger charge is -2.19. The highest BCUT2D eigenvalue weighted by atomic mass is 16.5. The molecule has 1 fully saturated rings. The van der Waals surface area contributed by atoms with Gasteiger partial charge in [0.1, 0.15) is 0 Å². The maximum Gasteiger partial charge on any atom is 0.303 e. The van der Waals surface area contributed by atoms with Gasteiger partial charge in [-0.2, -0.15) is 0 Å². The highest BCUT2D eigenvalue weighted by Crippen LogP contribution is 2.18. The Bertz CT molecular complexity index is 142. The third-order valence-corrected chi connectivity index (χ3v) is 2.35. The van der Waals surface area contributed by atoms with Gasteiger partial charge in [0.25, 0.3) is 0 Å². The zero-order valence-corrected chi connectivity index (χ0v) is 9.79. The molecule has 0 aliphatic heterocycles. The van der Waals surface area contributed by atoms with Crippen LogP contribution in [0.1, 0.15) is 51.9 Å². The van der Waals surface area contributed by atoms with Gasteiger partial charge in [0.05, 0.1) is 6.10 Å². The molecule has 15 heavy (non-hydrogen) atoms. The van der Waals surface area contributed by atoms with Crippen LogP contribution in [-0.4, -0.2) is 29.8 Å². The molecular weight excluding hydrogens is 196 g/mol. The Kier molecular flexibility index (Phi) is 12.8. The smallest absolute Gasteiger partial charge is 0.303 e. The summed E-state index contributed by atoms with van der Waals surface area (Å²) < 4.78 is 5.19. The Morgan fingerprint density at radius 3 is 2.07 bits per heavy atom. The van der Waals surface area contributed by atoms with E-state index in [0.717, 1.165) is 6.42 Å². The number of carboxylic acid groups (broad SMARTS) is 1. The Balaban J connectivity index is 0. The van der Waals surface area contributed by atoms with E-state index in [1.54, 1.807) is 0 Å². The van der Waals surface area contributed by atoms with Crippen LogP contribution >= 0.6 is 0 Å². The molecule has 0 radical (unpaired) electrons. The molecule has 1 aliphatic carbocycles. The second-order valence-corrected chi connectivity index (χ2v) is 3.64. The number of ether oxygens (including phenoxy) is 1. The molecular formula is C11H24O4. The Morgan fingerprint density at radius 1 is 1.33 bits per heavy atom. The molecule has 4 heteroatoms. The summed E-state index contributed by atoms with van der Waals surface area (Å²) in [5, 5.41) is 7.91. The van der Waals surface area contributed by atoms with Crippen LogP contribution in [0.15, 0.2) is 0 Å². The van der Waals surface area contributed by atoms with Crippen molar-refractivity contribution >= 4 is 5.97 Å². The van der Waals surface area contributed by atoms with Crippen molar-refractivity contribution in [3.05, 3.63) is 0 Å². The Hall–Kier alpha value is -0.610. The topological polar surface area (TPSA) is 78.0 Å². The fourth-order valence-electron chi connectivity index (χ4n) is 1.51. The summed E-state index contributed by atoms with van der Waals surface area (Å²) in [6, 6.07) is 0. The molecule has 0 spiro atoms. The molecule has 0 aromatic rings. The minimum Gasteiger partial charge on any atom is -0.481 e. The third-order valence-electron chi connectivity index (χ3n) is 2.35. The lowest BCUT2D eigenvalue weighted by molar-refractivity contribution is -0.137. The Labute approximate surface area is 91.9 Å². The number of rotatable bonds is 3. The van der Waals surface area contributed by atoms with Crippen molar-refractivity contribution in [1.29, 1.82) is 0 Å². The van der Waals surface area contributed by atoms with Crippen LogP contribution in [0, 0.1) is 0 Å². The third kappa shape index (κ3) is 11.3. The molecule has 4 nitrogen and oxygen atoms in total. The number of carbonyl (C=O) groups is 1. The molecule has 0 unspecified atom stereocenters. The molecule has 0 atom stereocenters. The number of hydrogen-bond acceptors (Lipinski definition) is 2. The van der Waals surface area contributed by atoms with Crippen molar-refractivity contribution in [3.8, 4) is 0 Å². The quantitative estimate of drug-likeness (QED) is 0.790. The molecule has 1 aliphatic rings. The van der Waals surface area contributed by atoms with E-state index in [2.05, 4.69) is 0 Å². The van der Waals surface area contributed by atoms with Crippen LogP contribution in [0.25, 0.3) is 0 Å². The second kappa shape index (κ2) is 11.5. The predicted molar refractivity (Wildman–Crippen MR) is 60.0 cm³/mol. The first-order valence-corrected chi connectivity index (χ1v) is 5.45. The number of aliphatic carboxylic acids is 1. The average Bonchev–Trinajstić information content (AvgIpc) is 2.20. The van der Waals surface area contributed by atoms with Gasteiger partial charge in [0.2, 0.25) is 0 Å². The van der Waals surface area contributed by atoms with E-state index in [0.29, 0.717) is 12.5 Å². The number of hydrogen-bond donors (Lipinski definition) is 1. The lowest BCUT2D eigenvalue weighted by Crippen LogP contribution is -2.13. The van der Waals surface area contributed by atoms with E-state index in [-0.39, 0.29) is 5.48 Å². The molecule has 0 bridgehead atoms. The minimum atomic E-state index is -0.711. The fraction of sp³-hybridized carbons (Fsp3) is 0.909. The first-order chi connectivity index (χ1) is 6.70. The molecule has 0 amide bonds. The van der Waals surface area contributed by atoms with Crippen molar-refractivity contribution in [2.75, 3.05) is 7.11 Å². The molecule has 0 saturated heterocycles. The second-order valence-electron chi connectivity index (χ2n) is 3.64. The minimum absolute atomic E-state index is 0. The SMILES string of the molecule is CCCC(=O)O.COC1CCCCC1.O. The maximum atomic E-state index is 9.60.